The van der Waals surface area contributed by atoms with Crippen LogP contribution in [0.4, 0.5) is 0 Å². The standard InChI is InChI=1S/C23H19ClN4O/c24-19-11-6-10-18(23(29)26-14-12-17-9-4-5-13-25-17)22(19)21-15-20(27-28-21)16-7-2-1-3-8-16/h1-11,13,15H,12,14H2,(H,26,29)(H,27,28). The summed E-state index contributed by atoms with van der Waals surface area (Å²) >= 11 is 6.45. The predicted molar refractivity (Wildman–Crippen MR) is 115 cm³/mol. The Morgan fingerprint density at radius 2 is 1.83 bits per heavy atom. The summed E-state index contributed by atoms with van der Waals surface area (Å²) in [7, 11) is 0. The van der Waals surface area contributed by atoms with Crippen LogP contribution in [0.25, 0.3) is 22.5 Å². The second-order valence-electron chi connectivity index (χ2n) is 6.52. The van der Waals surface area contributed by atoms with Crippen molar-refractivity contribution in [3.8, 4) is 22.5 Å². The van der Waals surface area contributed by atoms with Crippen molar-refractivity contribution in [1.82, 2.24) is 20.5 Å². The molecule has 29 heavy (non-hydrogen) atoms. The molecule has 144 valence electrons. The zero-order valence-electron chi connectivity index (χ0n) is 15.6. The molecular formula is C23H19ClN4O. The topological polar surface area (TPSA) is 70.7 Å². The molecule has 0 fully saturated rings. The highest BCUT2D eigenvalue weighted by atomic mass is 35.5. The minimum Gasteiger partial charge on any atom is -0.352 e. The van der Waals surface area contributed by atoms with E-state index in [-0.39, 0.29) is 5.91 Å². The molecule has 0 spiro atoms. The van der Waals surface area contributed by atoms with Crippen molar-refractivity contribution in [3.05, 3.63) is 95.3 Å². The van der Waals surface area contributed by atoms with Gasteiger partial charge in [-0.2, -0.15) is 5.10 Å². The van der Waals surface area contributed by atoms with Gasteiger partial charge in [-0.05, 0) is 35.9 Å². The molecule has 0 bridgehead atoms. The first-order valence-electron chi connectivity index (χ1n) is 9.30. The monoisotopic (exact) mass is 402 g/mol. The second-order valence-corrected chi connectivity index (χ2v) is 6.93. The Morgan fingerprint density at radius 3 is 2.62 bits per heavy atom. The Balaban J connectivity index is 1.56. The van der Waals surface area contributed by atoms with E-state index >= 15 is 0 Å². The van der Waals surface area contributed by atoms with Gasteiger partial charge in [0.15, 0.2) is 0 Å². The van der Waals surface area contributed by atoms with Gasteiger partial charge in [-0.1, -0.05) is 54.1 Å². The lowest BCUT2D eigenvalue weighted by Crippen LogP contribution is -2.26. The van der Waals surface area contributed by atoms with Gasteiger partial charge in [0, 0.05) is 30.4 Å². The van der Waals surface area contributed by atoms with E-state index < -0.39 is 0 Å². The molecule has 4 aromatic rings. The van der Waals surface area contributed by atoms with Gasteiger partial charge < -0.3 is 5.32 Å². The van der Waals surface area contributed by atoms with Crippen molar-refractivity contribution in [2.45, 2.75) is 6.42 Å². The molecule has 0 aliphatic heterocycles. The highest BCUT2D eigenvalue weighted by molar-refractivity contribution is 6.34. The van der Waals surface area contributed by atoms with Gasteiger partial charge in [0.2, 0.25) is 0 Å². The lowest BCUT2D eigenvalue weighted by Gasteiger charge is -2.10. The number of carbonyl (C=O) groups is 1. The number of H-pyrrole nitrogens is 1. The van der Waals surface area contributed by atoms with Gasteiger partial charge in [-0.25, -0.2) is 0 Å². The number of carbonyl (C=O) groups excluding carboxylic acids is 1. The van der Waals surface area contributed by atoms with Crippen LogP contribution in [0.3, 0.4) is 0 Å². The molecule has 2 aromatic heterocycles. The van der Waals surface area contributed by atoms with Crippen molar-refractivity contribution in [2.24, 2.45) is 0 Å². The van der Waals surface area contributed by atoms with E-state index in [1.807, 2.05) is 54.6 Å². The quantitative estimate of drug-likeness (QED) is 0.488. The number of halogens is 1. The summed E-state index contributed by atoms with van der Waals surface area (Å²) < 4.78 is 0. The van der Waals surface area contributed by atoms with Crippen LogP contribution in [0.2, 0.25) is 5.02 Å². The minimum absolute atomic E-state index is 0.192. The third kappa shape index (κ3) is 4.36. The molecule has 0 atom stereocenters. The van der Waals surface area contributed by atoms with Crippen LogP contribution in [-0.2, 0) is 6.42 Å². The summed E-state index contributed by atoms with van der Waals surface area (Å²) in [6, 6.07) is 22.8. The average molecular weight is 403 g/mol. The van der Waals surface area contributed by atoms with Gasteiger partial charge in [-0.3, -0.25) is 14.9 Å². The number of hydrogen-bond donors (Lipinski definition) is 2. The summed E-state index contributed by atoms with van der Waals surface area (Å²) in [4.78, 5) is 17.1. The number of aromatic nitrogens is 3. The molecular weight excluding hydrogens is 384 g/mol. The Morgan fingerprint density at radius 1 is 1.00 bits per heavy atom. The molecule has 4 rings (SSSR count). The van der Waals surface area contributed by atoms with Crippen molar-refractivity contribution in [2.75, 3.05) is 6.54 Å². The zero-order valence-corrected chi connectivity index (χ0v) is 16.4. The Bertz CT molecular complexity index is 1110. The maximum Gasteiger partial charge on any atom is 0.252 e. The molecule has 6 heteroatoms. The Hall–Kier alpha value is -3.44. The molecule has 0 aliphatic rings. The minimum atomic E-state index is -0.192. The number of pyridine rings is 1. The number of nitrogens with zero attached hydrogens (tertiary/aromatic N) is 2. The molecule has 2 aromatic carbocycles. The van der Waals surface area contributed by atoms with E-state index in [1.54, 1.807) is 24.4 Å². The lowest BCUT2D eigenvalue weighted by molar-refractivity contribution is 0.0954. The maximum atomic E-state index is 12.8. The number of benzene rings is 2. The Kier molecular flexibility index (Phi) is 5.68. The van der Waals surface area contributed by atoms with Crippen molar-refractivity contribution in [3.63, 3.8) is 0 Å². The predicted octanol–water partition coefficient (Wildman–Crippen LogP) is 4.76. The van der Waals surface area contributed by atoms with Crippen LogP contribution in [0, 0.1) is 0 Å². The van der Waals surface area contributed by atoms with E-state index in [0.717, 1.165) is 17.0 Å². The highest BCUT2D eigenvalue weighted by Crippen LogP contribution is 2.32. The van der Waals surface area contributed by atoms with Gasteiger partial charge in [0.1, 0.15) is 0 Å². The molecule has 0 saturated heterocycles. The van der Waals surface area contributed by atoms with Crippen LogP contribution in [0.5, 0.6) is 0 Å². The van der Waals surface area contributed by atoms with E-state index in [2.05, 4.69) is 20.5 Å². The van der Waals surface area contributed by atoms with E-state index in [4.69, 9.17) is 11.6 Å². The largest absolute Gasteiger partial charge is 0.352 e. The molecule has 5 nitrogen and oxygen atoms in total. The van der Waals surface area contributed by atoms with Gasteiger partial charge in [-0.15, -0.1) is 0 Å². The number of hydrogen-bond acceptors (Lipinski definition) is 3. The van der Waals surface area contributed by atoms with Crippen LogP contribution in [0.15, 0.2) is 79.0 Å². The first kappa shape index (κ1) is 18.9. The Labute approximate surface area is 173 Å². The number of rotatable bonds is 6. The number of nitrogens with one attached hydrogen (secondary N) is 2. The van der Waals surface area contributed by atoms with Crippen LogP contribution in [-0.4, -0.2) is 27.6 Å². The van der Waals surface area contributed by atoms with Crippen LogP contribution in [0.1, 0.15) is 16.1 Å². The van der Waals surface area contributed by atoms with E-state index in [9.17, 15) is 4.79 Å². The number of aromatic amines is 1. The summed E-state index contributed by atoms with van der Waals surface area (Å²) in [6.07, 6.45) is 2.40. The van der Waals surface area contributed by atoms with Crippen molar-refractivity contribution >= 4 is 17.5 Å². The van der Waals surface area contributed by atoms with E-state index in [1.165, 1.54) is 0 Å². The molecule has 0 radical (unpaired) electrons. The fraction of sp³-hybridized carbons (Fsp3) is 0.0870. The van der Waals surface area contributed by atoms with Crippen LogP contribution >= 0.6 is 11.6 Å². The smallest absolute Gasteiger partial charge is 0.252 e. The fourth-order valence-corrected chi connectivity index (χ4v) is 3.41. The molecule has 2 N–H and O–H groups in total. The van der Waals surface area contributed by atoms with Crippen molar-refractivity contribution in [1.29, 1.82) is 0 Å². The second kappa shape index (κ2) is 8.71. The molecule has 2 heterocycles. The lowest BCUT2D eigenvalue weighted by atomic mass is 10.0. The average Bonchev–Trinajstić information content (AvgIpc) is 3.24. The van der Waals surface area contributed by atoms with Gasteiger partial charge >= 0.3 is 0 Å². The van der Waals surface area contributed by atoms with Gasteiger partial charge in [0.05, 0.1) is 22.0 Å². The fourth-order valence-electron chi connectivity index (χ4n) is 3.13. The summed E-state index contributed by atoms with van der Waals surface area (Å²) in [6.45, 7) is 0.484. The SMILES string of the molecule is O=C(NCCc1ccccn1)c1cccc(Cl)c1-c1cc(-c2ccccc2)[nH]n1. The summed E-state index contributed by atoms with van der Waals surface area (Å²) in [5, 5.41) is 10.9. The molecule has 0 unspecified atom stereocenters. The van der Waals surface area contributed by atoms with E-state index in [0.29, 0.717) is 34.8 Å². The third-order valence-electron chi connectivity index (χ3n) is 4.57. The first-order chi connectivity index (χ1) is 14.2. The summed E-state index contributed by atoms with van der Waals surface area (Å²) in [5.74, 6) is -0.192. The van der Waals surface area contributed by atoms with Crippen molar-refractivity contribution < 1.29 is 4.79 Å². The molecule has 0 aliphatic carbocycles. The molecule has 1 amide bonds. The summed E-state index contributed by atoms with van der Waals surface area (Å²) in [5.41, 5.74) is 4.54. The normalized spacial score (nSPS) is 10.7. The third-order valence-corrected chi connectivity index (χ3v) is 4.88. The number of amides is 1. The van der Waals surface area contributed by atoms with Crippen LogP contribution < -0.4 is 5.32 Å². The van der Waals surface area contributed by atoms with Gasteiger partial charge in [0.25, 0.3) is 5.91 Å². The maximum absolute atomic E-state index is 12.8. The zero-order chi connectivity index (χ0) is 20.1. The first-order valence-corrected chi connectivity index (χ1v) is 9.68. The highest BCUT2D eigenvalue weighted by Gasteiger charge is 2.18. The molecule has 0 saturated carbocycles.